The fourth-order valence-electron chi connectivity index (χ4n) is 0.809. The molecular formula is C9H15N3OS. The molecule has 1 amide bonds. The maximum absolute atomic E-state index is 10.8. The summed E-state index contributed by atoms with van der Waals surface area (Å²) in [4.78, 5) is 14.8. The summed E-state index contributed by atoms with van der Waals surface area (Å²) in [6.45, 7) is 7.20. The van der Waals surface area contributed by atoms with Crippen LogP contribution in [-0.2, 0) is 0 Å². The maximum atomic E-state index is 10.8. The highest BCUT2D eigenvalue weighted by Gasteiger charge is 2.11. The molecule has 0 atom stereocenters. The SMILES string of the molecule is CC(C)(C)CNc1nc(C(N)=O)cs1. The predicted molar refractivity (Wildman–Crippen MR) is 58.6 cm³/mol. The van der Waals surface area contributed by atoms with Crippen LogP contribution in [0.4, 0.5) is 5.13 Å². The van der Waals surface area contributed by atoms with Crippen LogP contribution in [-0.4, -0.2) is 17.4 Å². The second kappa shape index (κ2) is 3.96. The third kappa shape index (κ3) is 3.33. The van der Waals surface area contributed by atoms with E-state index in [0.29, 0.717) is 5.69 Å². The molecule has 0 radical (unpaired) electrons. The summed E-state index contributed by atoms with van der Waals surface area (Å²) in [5, 5.41) is 5.56. The fourth-order valence-corrected chi connectivity index (χ4v) is 1.51. The monoisotopic (exact) mass is 213 g/mol. The summed E-state index contributed by atoms with van der Waals surface area (Å²) in [6.07, 6.45) is 0. The van der Waals surface area contributed by atoms with Gasteiger partial charge in [0, 0.05) is 11.9 Å². The van der Waals surface area contributed by atoms with Gasteiger partial charge in [-0.05, 0) is 5.41 Å². The average Bonchev–Trinajstić information content (AvgIpc) is 2.47. The minimum Gasteiger partial charge on any atom is -0.364 e. The Kier molecular flexibility index (Phi) is 3.10. The summed E-state index contributed by atoms with van der Waals surface area (Å²) < 4.78 is 0. The second-order valence-electron chi connectivity index (χ2n) is 4.32. The zero-order valence-corrected chi connectivity index (χ0v) is 9.44. The molecule has 1 rings (SSSR count). The molecule has 14 heavy (non-hydrogen) atoms. The predicted octanol–water partition coefficient (Wildman–Crippen LogP) is 1.70. The lowest BCUT2D eigenvalue weighted by atomic mass is 9.97. The van der Waals surface area contributed by atoms with Crippen LogP contribution in [0.1, 0.15) is 31.3 Å². The topological polar surface area (TPSA) is 68.0 Å². The van der Waals surface area contributed by atoms with E-state index in [2.05, 4.69) is 31.1 Å². The summed E-state index contributed by atoms with van der Waals surface area (Å²) in [5.41, 5.74) is 5.60. The van der Waals surface area contributed by atoms with Crippen molar-refractivity contribution >= 4 is 22.4 Å². The van der Waals surface area contributed by atoms with Gasteiger partial charge in [0.2, 0.25) is 0 Å². The Balaban J connectivity index is 2.56. The van der Waals surface area contributed by atoms with Crippen LogP contribution in [0.15, 0.2) is 5.38 Å². The highest BCUT2D eigenvalue weighted by Crippen LogP contribution is 2.18. The van der Waals surface area contributed by atoms with Gasteiger partial charge in [-0.15, -0.1) is 11.3 Å². The molecule has 0 aliphatic rings. The van der Waals surface area contributed by atoms with Gasteiger partial charge in [-0.2, -0.15) is 0 Å². The molecule has 5 heteroatoms. The highest BCUT2D eigenvalue weighted by molar-refractivity contribution is 7.13. The minimum atomic E-state index is -0.481. The van der Waals surface area contributed by atoms with Crippen LogP contribution in [0.2, 0.25) is 0 Å². The molecule has 0 aliphatic heterocycles. The summed E-state index contributed by atoms with van der Waals surface area (Å²) >= 11 is 1.40. The van der Waals surface area contributed by atoms with Crippen LogP contribution >= 0.6 is 11.3 Å². The van der Waals surface area contributed by atoms with Gasteiger partial charge < -0.3 is 11.1 Å². The number of nitrogens with zero attached hydrogens (tertiary/aromatic N) is 1. The number of anilines is 1. The van der Waals surface area contributed by atoms with Crippen molar-refractivity contribution in [3.63, 3.8) is 0 Å². The van der Waals surface area contributed by atoms with Gasteiger partial charge in [0.25, 0.3) is 5.91 Å². The van der Waals surface area contributed by atoms with Crippen LogP contribution < -0.4 is 11.1 Å². The first-order valence-electron chi connectivity index (χ1n) is 4.38. The molecule has 0 fully saturated rings. The number of thiazole rings is 1. The Morgan fingerprint density at radius 1 is 1.64 bits per heavy atom. The van der Waals surface area contributed by atoms with Gasteiger partial charge in [0.1, 0.15) is 5.69 Å². The van der Waals surface area contributed by atoms with E-state index < -0.39 is 5.91 Å². The van der Waals surface area contributed by atoms with E-state index in [1.54, 1.807) is 5.38 Å². The van der Waals surface area contributed by atoms with Crippen molar-refractivity contribution < 1.29 is 4.79 Å². The second-order valence-corrected chi connectivity index (χ2v) is 5.17. The summed E-state index contributed by atoms with van der Waals surface area (Å²) in [7, 11) is 0. The fraction of sp³-hybridized carbons (Fsp3) is 0.556. The first-order valence-corrected chi connectivity index (χ1v) is 5.26. The lowest BCUT2D eigenvalue weighted by Crippen LogP contribution is -2.19. The van der Waals surface area contributed by atoms with Crippen molar-refractivity contribution in [1.82, 2.24) is 4.98 Å². The molecule has 0 aliphatic carbocycles. The van der Waals surface area contributed by atoms with E-state index >= 15 is 0 Å². The molecule has 1 aromatic rings. The number of hydrogen-bond donors (Lipinski definition) is 2. The van der Waals surface area contributed by atoms with Crippen molar-refractivity contribution in [2.24, 2.45) is 11.1 Å². The molecule has 78 valence electrons. The molecule has 4 nitrogen and oxygen atoms in total. The van der Waals surface area contributed by atoms with Gasteiger partial charge in [0.05, 0.1) is 0 Å². The molecule has 0 spiro atoms. The van der Waals surface area contributed by atoms with E-state index in [9.17, 15) is 4.79 Å². The lowest BCUT2D eigenvalue weighted by Gasteiger charge is -2.17. The zero-order valence-electron chi connectivity index (χ0n) is 8.63. The number of aromatic nitrogens is 1. The van der Waals surface area contributed by atoms with Gasteiger partial charge >= 0.3 is 0 Å². The third-order valence-corrected chi connectivity index (χ3v) is 2.33. The number of amides is 1. The van der Waals surface area contributed by atoms with Crippen molar-refractivity contribution in [2.45, 2.75) is 20.8 Å². The molecule has 3 N–H and O–H groups in total. The largest absolute Gasteiger partial charge is 0.364 e. The Bertz CT molecular complexity index is 327. The summed E-state index contributed by atoms with van der Waals surface area (Å²) in [6, 6.07) is 0. The number of carbonyl (C=O) groups is 1. The number of nitrogens with one attached hydrogen (secondary N) is 1. The highest BCUT2D eigenvalue weighted by atomic mass is 32.1. The maximum Gasteiger partial charge on any atom is 0.268 e. The Labute approximate surface area is 87.5 Å². The van der Waals surface area contributed by atoms with E-state index in [4.69, 9.17) is 5.73 Å². The van der Waals surface area contributed by atoms with Crippen LogP contribution in [0.3, 0.4) is 0 Å². The number of primary amides is 1. The number of rotatable bonds is 3. The minimum absolute atomic E-state index is 0.193. The molecule has 0 saturated carbocycles. The van der Waals surface area contributed by atoms with Crippen molar-refractivity contribution in [3.8, 4) is 0 Å². The van der Waals surface area contributed by atoms with Gasteiger partial charge in [0.15, 0.2) is 5.13 Å². The zero-order chi connectivity index (χ0) is 10.8. The van der Waals surface area contributed by atoms with E-state index in [0.717, 1.165) is 11.7 Å². The summed E-state index contributed by atoms with van der Waals surface area (Å²) in [5.74, 6) is -0.481. The van der Waals surface area contributed by atoms with Crippen molar-refractivity contribution in [1.29, 1.82) is 0 Å². The molecule has 1 heterocycles. The standard InChI is InChI=1S/C9H15N3OS/c1-9(2,3)5-11-8-12-6(4-14-8)7(10)13/h4H,5H2,1-3H3,(H2,10,13)(H,11,12). The lowest BCUT2D eigenvalue weighted by molar-refractivity contribution is 0.0996. The quantitative estimate of drug-likeness (QED) is 0.803. The number of nitrogens with two attached hydrogens (primary N) is 1. The first kappa shape index (κ1) is 11.0. The van der Waals surface area contributed by atoms with Crippen LogP contribution in [0, 0.1) is 5.41 Å². The van der Waals surface area contributed by atoms with Crippen LogP contribution in [0.25, 0.3) is 0 Å². The smallest absolute Gasteiger partial charge is 0.268 e. The Morgan fingerprint density at radius 2 is 2.29 bits per heavy atom. The third-order valence-electron chi connectivity index (χ3n) is 1.53. The molecule has 0 unspecified atom stereocenters. The van der Waals surface area contributed by atoms with E-state index in [1.165, 1.54) is 11.3 Å². The Morgan fingerprint density at radius 3 is 2.71 bits per heavy atom. The normalized spacial score (nSPS) is 11.4. The van der Waals surface area contributed by atoms with Gasteiger partial charge in [-0.1, -0.05) is 20.8 Å². The number of hydrogen-bond acceptors (Lipinski definition) is 4. The molecule has 0 aromatic carbocycles. The number of carbonyl (C=O) groups excluding carboxylic acids is 1. The molecule has 0 saturated heterocycles. The van der Waals surface area contributed by atoms with Gasteiger partial charge in [-0.3, -0.25) is 4.79 Å². The Hall–Kier alpha value is -1.10. The average molecular weight is 213 g/mol. The first-order chi connectivity index (χ1) is 6.38. The van der Waals surface area contributed by atoms with E-state index in [-0.39, 0.29) is 5.41 Å². The molecule has 1 aromatic heterocycles. The van der Waals surface area contributed by atoms with Gasteiger partial charge in [-0.25, -0.2) is 4.98 Å². The van der Waals surface area contributed by atoms with Crippen molar-refractivity contribution in [2.75, 3.05) is 11.9 Å². The molecular weight excluding hydrogens is 198 g/mol. The van der Waals surface area contributed by atoms with Crippen molar-refractivity contribution in [3.05, 3.63) is 11.1 Å². The van der Waals surface area contributed by atoms with Crippen LogP contribution in [0.5, 0.6) is 0 Å². The van der Waals surface area contributed by atoms with E-state index in [1.807, 2.05) is 0 Å². The molecule has 0 bridgehead atoms.